The number of rotatable bonds is 6. The number of nitrogens with zero attached hydrogens (tertiary/aromatic N) is 8. The molecule has 244 valence electrons. The number of amides is 1. The maximum Gasteiger partial charge on any atom is 0.411 e. The number of methoxy groups -OCH3 is 1. The van der Waals surface area contributed by atoms with Gasteiger partial charge in [-0.15, -0.1) is 0 Å². The maximum absolute atomic E-state index is 13.1. The molecule has 1 amide bonds. The van der Waals surface area contributed by atoms with Gasteiger partial charge in [0, 0.05) is 31.0 Å². The predicted molar refractivity (Wildman–Crippen MR) is 178 cm³/mol. The Balaban J connectivity index is 1.26. The van der Waals surface area contributed by atoms with Crippen LogP contribution in [0.2, 0.25) is 0 Å². The number of anilines is 3. The highest BCUT2D eigenvalue weighted by Crippen LogP contribution is 2.34. The van der Waals surface area contributed by atoms with E-state index in [1.807, 2.05) is 48.2 Å². The summed E-state index contributed by atoms with van der Waals surface area (Å²) in [7, 11) is 1.31. The van der Waals surface area contributed by atoms with Gasteiger partial charge in [0.05, 0.1) is 23.6 Å². The monoisotopic (exact) mass is 703 g/mol. The van der Waals surface area contributed by atoms with Crippen molar-refractivity contribution in [2.75, 3.05) is 37.0 Å². The number of pyridine rings is 2. The van der Waals surface area contributed by atoms with Gasteiger partial charge in [0.2, 0.25) is 0 Å². The first-order chi connectivity index (χ1) is 22.5. The predicted octanol–water partition coefficient (Wildman–Crippen LogP) is 5.66. The smallest absolute Gasteiger partial charge is 0.411 e. The number of halogens is 1. The topological polar surface area (TPSA) is 149 Å². The lowest BCUT2D eigenvalue weighted by molar-refractivity contribution is -0.146. The molecule has 0 saturated carbocycles. The van der Waals surface area contributed by atoms with Gasteiger partial charge in [0.1, 0.15) is 41.1 Å². The van der Waals surface area contributed by atoms with Crippen molar-refractivity contribution in [3.63, 3.8) is 0 Å². The molecule has 1 atom stereocenters. The first kappa shape index (κ1) is 31.9. The van der Waals surface area contributed by atoms with Crippen molar-refractivity contribution in [1.29, 1.82) is 0 Å². The Morgan fingerprint density at radius 2 is 1.87 bits per heavy atom. The zero-order valence-electron chi connectivity index (χ0n) is 26.6. The second-order valence-electron chi connectivity index (χ2n) is 12.0. The number of carbonyl (C=O) groups is 2. The number of hydrogen-bond donors (Lipinski definition) is 1. The number of hydrogen-bond acceptors (Lipinski definition) is 12. The molecular weight excluding hydrogens is 670 g/mol. The van der Waals surface area contributed by atoms with Crippen LogP contribution in [0.3, 0.4) is 0 Å². The molecule has 0 bridgehead atoms. The minimum atomic E-state index is -0.895. The number of carbonyl (C=O) groups excluding carboxylic acids is 2. The zero-order chi connectivity index (χ0) is 33.3. The highest BCUT2D eigenvalue weighted by Gasteiger charge is 2.37. The van der Waals surface area contributed by atoms with E-state index in [1.165, 1.54) is 24.7 Å². The lowest BCUT2D eigenvalue weighted by atomic mass is 10.2. The molecule has 1 fully saturated rings. The van der Waals surface area contributed by atoms with E-state index in [0.29, 0.717) is 63.8 Å². The van der Waals surface area contributed by atoms with Gasteiger partial charge >= 0.3 is 12.1 Å². The fourth-order valence-electron chi connectivity index (χ4n) is 5.29. The van der Waals surface area contributed by atoms with Gasteiger partial charge in [-0.2, -0.15) is 5.10 Å². The fourth-order valence-corrected chi connectivity index (χ4v) is 5.84. The van der Waals surface area contributed by atoms with E-state index < -0.39 is 23.7 Å². The van der Waals surface area contributed by atoms with Gasteiger partial charge in [-0.05, 0) is 85.9 Å². The molecule has 5 heterocycles. The third-order valence-electron chi connectivity index (χ3n) is 7.46. The highest BCUT2D eigenvalue weighted by molar-refractivity contribution is 9.10. The van der Waals surface area contributed by atoms with E-state index in [4.69, 9.17) is 19.2 Å². The summed E-state index contributed by atoms with van der Waals surface area (Å²) in [5, 5.41) is 7.49. The van der Waals surface area contributed by atoms with Crippen molar-refractivity contribution < 1.29 is 23.8 Å². The fraction of sp³-hybridized carbons (Fsp3) is 0.344. The van der Waals surface area contributed by atoms with Crippen molar-refractivity contribution in [1.82, 2.24) is 34.4 Å². The van der Waals surface area contributed by atoms with Crippen LogP contribution in [0.1, 0.15) is 32.8 Å². The molecule has 4 aromatic heterocycles. The van der Waals surface area contributed by atoms with Crippen LogP contribution < -0.4 is 15.0 Å². The molecule has 1 aliphatic heterocycles. The Kier molecular flexibility index (Phi) is 8.82. The van der Waals surface area contributed by atoms with Crippen molar-refractivity contribution in [3.05, 3.63) is 65.3 Å². The Hall–Kier alpha value is -5.05. The second kappa shape index (κ2) is 13.0. The molecule has 1 unspecified atom stereocenters. The van der Waals surface area contributed by atoms with Crippen molar-refractivity contribution in [2.45, 2.75) is 45.8 Å². The average Bonchev–Trinajstić information content (AvgIpc) is 3.38. The summed E-state index contributed by atoms with van der Waals surface area (Å²) >= 11 is 3.65. The van der Waals surface area contributed by atoms with Crippen LogP contribution in [-0.4, -0.2) is 84.9 Å². The molecule has 1 N–H and O–H groups in total. The van der Waals surface area contributed by atoms with Gasteiger partial charge < -0.3 is 24.4 Å². The van der Waals surface area contributed by atoms with Gasteiger partial charge in [0.25, 0.3) is 0 Å². The lowest BCUT2D eigenvalue weighted by Gasteiger charge is -2.32. The van der Waals surface area contributed by atoms with E-state index in [9.17, 15) is 9.59 Å². The summed E-state index contributed by atoms with van der Waals surface area (Å²) in [5.41, 5.74) is 2.81. The van der Waals surface area contributed by atoms with Crippen LogP contribution in [0, 0.1) is 6.92 Å². The standard InChI is InChI=1S/C32H34BrN9O5/c1-19-13-20(7-8-25(19)46-21-9-12-42-26(14-21)35-18-37-42)38-28-27-23(34-17-36-28)15-22(33)29(39-27)40-10-6-11-41(24(16-40)30(43)45-5)31(44)47-32(2,3)4/h7-9,12-15,17-18,24H,6,10-11,16H2,1-5H3,(H,34,36,38). The third kappa shape index (κ3) is 7.04. The van der Waals surface area contributed by atoms with Crippen LogP contribution in [0.25, 0.3) is 16.7 Å². The Morgan fingerprint density at radius 3 is 2.64 bits per heavy atom. The van der Waals surface area contributed by atoms with E-state index in [1.54, 1.807) is 31.5 Å². The SMILES string of the molecule is COC(=O)C1CN(c2nc3c(Nc4ccc(Oc5ccn6ncnc6c5)c(C)c4)ncnc3cc2Br)CCCN1C(=O)OC(C)(C)C. The average molecular weight is 705 g/mol. The second-order valence-corrected chi connectivity index (χ2v) is 12.9. The molecule has 1 aromatic carbocycles. The number of aryl methyl sites for hydroxylation is 1. The molecule has 1 saturated heterocycles. The van der Waals surface area contributed by atoms with Crippen LogP contribution >= 0.6 is 15.9 Å². The summed E-state index contributed by atoms with van der Waals surface area (Å²) in [5.74, 6) is 1.89. The van der Waals surface area contributed by atoms with E-state index >= 15 is 0 Å². The van der Waals surface area contributed by atoms with Gasteiger partial charge in [0.15, 0.2) is 17.5 Å². The van der Waals surface area contributed by atoms with Gasteiger partial charge in [-0.3, -0.25) is 4.90 Å². The Labute approximate surface area is 279 Å². The summed E-state index contributed by atoms with van der Waals surface area (Å²) in [6, 6.07) is 10.3. The van der Waals surface area contributed by atoms with Crippen LogP contribution in [0.15, 0.2) is 59.7 Å². The van der Waals surface area contributed by atoms with Crippen molar-refractivity contribution in [3.8, 4) is 11.5 Å². The van der Waals surface area contributed by atoms with E-state index in [-0.39, 0.29) is 6.54 Å². The summed E-state index contributed by atoms with van der Waals surface area (Å²) in [6.07, 6.45) is 4.77. The quantitative estimate of drug-likeness (QED) is 0.217. The van der Waals surface area contributed by atoms with Crippen LogP contribution in [0.4, 0.5) is 22.1 Å². The van der Waals surface area contributed by atoms with Crippen molar-refractivity contribution in [2.24, 2.45) is 0 Å². The first-order valence-electron chi connectivity index (χ1n) is 15.0. The third-order valence-corrected chi connectivity index (χ3v) is 8.04. The summed E-state index contributed by atoms with van der Waals surface area (Å²) in [6.45, 7) is 8.33. The molecule has 0 spiro atoms. The number of nitrogens with one attached hydrogen (secondary N) is 1. The van der Waals surface area contributed by atoms with Gasteiger partial charge in [-0.1, -0.05) is 0 Å². The van der Waals surface area contributed by atoms with E-state index in [2.05, 4.69) is 41.3 Å². The molecule has 1 aliphatic rings. The van der Waals surface area contributed by atoms with Gasteiger partial charge in [-0.25, -0.2) is 34.0 Å². The molecule has 14 nitrogen and oxygen atoms in total. The number of esters is 1. The minimum Gasteiger partial charge on any atom is -0.467 e. The molecule has 0 radical (unpaired) electrons. The Morgan fingerprint density at radius 1 is 1.04 bits per heavy atom. The normalized spacial score (nSPS) is 15.4. The zero-order valence-corrected chi connectivity index (χ0v) is 28.2. The maximum atomic E-state index is 13.1. The number of ether oxygens (including phenoxy) is 3. The molecule has 5 aromatic rings. The summed E-state index contributed by atoms with van der Waals surface area (Å²) in [4.78, 5) is 47.5. The molecule has 0 aliphatic carbocycles. The largest absolute Gasteiger partial charge is 0.467 e. The summed E-state index contributed by atoms with van der Waals surface area (Å²) < 4.78 is 19.2. The van der Waals surface area contributed by atoms with Crippen LogP contribution in [-0.2, 0) is 14.3 Å². The van der Waals surface area contributed by atoms with Crippen LogP contribution in [0.5, 0.6) is 11.5 Å². The van der Waals surface area contributed by atoms with E-state index in [0.717, 1.165) is 11.3 Å². The highest BCUT2D eigenvalue weighted by atomic mass is 79.9. The number of fused-ring (bicyclic) bond motifs is 2. The lowest BCUT2D eigenvalue weighted by Crippen LogP contribution is -2.51. The first-order valence-corrected chi connectivity index (χ1v) is 15.8. The minimum absolute atomic E-state index is 0.157. The molecular formula is C32H34BrN9O5. The molecule has 15 heteroatoms. The number of benzene rings is 1. The number of aromatic nitrogens is 6. The Bertz CT molecular complexity index is 1960. The molecule has 47 heavy (non-hydrogen) atoms. The van der Waals surface area contributed by atoms with Crippen molar-refractivity contribution >= 4 is 62.0 Å². The molecule has 6 rings (SSSR count).